The lowest BCUT2D eigenvalue weighted by molar-refractivity contribution is 0.0692. The fourth-order valence-electron chi connectivity index (χ4n) is 1.51. The van der Waals surface area contributed by atoms with Crippen LogP contribution in [-0.4, -0.2) is 11.1 Å². The highest BCUT2D eigenvalue weighted by Crippen LogP contribution is 2.21. The molecule has 0 radical (unpaired) electrons. The number of hydrogen-bond acceptors (Lipinski definition) is 2. The van der Waals surface area contributed by atoms with Crippen LogP contribution in [-0.2, 0) is 0 Å². The second-order valence-electron chi connectivity index (χ2n) is 3.75. The number of aromatic carboxylic acids is 1. The van der Waals surface area contributed by atoms with E-state index >= 15 is 0 Å². The molecule has 0 amide bonds. The molecule has 6 heteroatoms. The van der Waals surface area contributed by atoms with Gasteiger partial charge in [-0.3, -0.25) is 0 Å². The number of halogens is 3. The van der Waals surface area contributed by atoms with Crippen LogP contribution < -0.4 is 5.32 Å². The first kappa shape index (κ1) is 12.9. The quantitative estimate of drug-likeness (QED) is 0.894. The maximum Gasteiger partial charge on any atom is 0.338 e. The normalized spacial score (nSPS) is 10.3. The first-order chi connectivity index (χ1) is 8.97. The number of nitrogens with one attached hydrogen (secondary N) is 1. The Kier molecular flexibility index (Phi) is 3.41. The van der Waals surface area contributed by atoms with E-state index in [9.17, 15) is 18.0 Å². The van der Waals surface area contributed by atoms with Gasteiger partial charge in [-0.05, 0) is 30.3 Å². The van der Waals surface area contributed by atoms with Crippen molar-refractivity contribution in [3.05, 3.63) is 59.4 Å². The highest BCUT2D eigenvalue weighted by molar-refractivity contribution is 5.89. The molecule has 0 aromatic heterocycles. The average Bonchev–Trinajstić information content (AvgIpc) is 2.36. The molecule has 2 aromatic rings. The summed E-state index contributed by atoms with van der Waals surface area (Å²) < 4.78 is 38.9. The van der Waals surface area contributed by atoms with Crippen molar-refractivity contribution in [3.63, 3.8) is 0 Å². The van der Waals surface area contributed by atoms with Gasteiger partial charge in [-0.15, -0.1) is 0 Å². The molecule has 19 heavy (non-hydrogen) atoms. The lowest BCUT2D eigenvalue weighted by Gasteiger charge is -2.08. The molecule has 0 atom stereocenters. The third-order valence-electron chi connectivity index (χ3n) is 2.41. The Morgan fingerprint density at radius 3 is 2.05 bits per heavy atom. The lowest BCUT2D eigenvalue weighted by atomic mass is 10.2. The molecule has 2 N–H and O–H groups in total. The fourth-order valence-corrected chi connectivity index (χ4v) is 1.51. The second-order valence-corrected chi connectivity index (χ2v) is 3.75. The predicted octanol–water partition coefficient (Wildman–Crippen LogP) is 3.55. The monoisotopic (exact) mass is 267 g/mol. The molecule has 0 heterocycles. The van der Waals surface area contributed by atoms with E-state index < -0.39 is 29.0 Å². The fraction of sp³-hybridized carbons (Fsp3) is 0. The van der Waals surface area contributed by atoms with Crippen LogP contribution in [0.3, 0.4) is 0 Å². The molecule has 0 saturated heterocycles. The number of carboxylic acids is 1. The minimum Gasteiger partial charge on any atom is -0.478 e. The summed E-state index contributed by atoms with van der Waals surface area (Å²) in [5.74, 6) is -4.31. The third-order valence-corrected chi connectivity index (χ3v) is 2.41. The zero-order valence-electron chi connectivity index (χ0n) is 9.45. The Morgan fingerprint density at radius 2 is 1.47 bits per heavy atom. The van der Waals surface area contributed by atoms with Crippen LogP contribution in [0.4, 0.5) is 24.5 Å². The van der Waals surface area contributed by atoms with E-state index in [0.717, 1.165) is 24.3 Å². The van der Waals surface area contributed by atoms with Crippen molar-refractivity contribution in [1.82, 2.24) is 0 Å². The molecule has 98 valence electrons. The van der Waals surface area contributed by atoms with Gasteiger partial charge in [0.25, 0.3) is 0 Å². The zero-order chi connectivity index (χ0) is 14.0. The van der Waals surface area contributed by atoms with Crippen LogP contribution in [0.1, 0.15) is 10.4 Å². The Balaban J connectivity index is 2.30. The van der Waals surface area contributed by atoms with E-state index in [1.807, 2.05) is 0 Å². The molecule has 0 spiro atoms. The van der Waals surface area contributed by atoms with Crippen LogP contribution in [0, 0.1) is 17.5 Å². The third kappa shape index (κ3) is 2.85. The van der Waals surface area contributed by atoms with Gasteiger partial charge in [0.15, 0.2) is 11.6 Å². The lowest BCUT2D eigenvalue weighted by Crippen LogP contribution is -2.02. The van der Waals surface area contributed by atoms with E-state index in [1.165, 1.54) is 12.1 Å². The number of carbonyl (C=O) groups is 1. The number of benzene rings is 2. The summed E-state index contributed by atoms with van der Waals surface area (Å²) in [5, 5.41) is 11.4. The summed E-state index contributed by atoms with van der Waals surface area (Å²) in [5.41, 5.74) is -0.0285. The van der Waals surface area contributed by atoms with Gasteiger partial charge in [0.1, 0.15) is 5.82 Å². The van der Waals surface area contributed by atoms with Crippen LogP contribution in [0.25, 0.3) is 0 Å². The van der Waals surface area contributed by atoms with Gasteiger partial charge in [-0.2, -0.15) is 0 Å². The summed E-state index contributed by atoms with van der Waals surface area (Å²) in [6.45, 7) is 0. The Bertz CT molecular complexity index is 644. The largest absolute Gasteiger partial charge is 0.478 e. The van der Waals surface area contributed by atoms with Gasteiger partial charge >= 0.3 is 5.97 Å². The van der Waals surface area contributed by atoms with E-state index in [1.54, 1.807) is 0 Å². The maximum absolute atomic E-state index is 13.2. The van der Waals surface area contributed by atoms with Crippen molar-refractivity contribution in [2.24, 2.45) is 0 Å². The SMILES string of the molecule is O=C(O)c1cc(Nc2ccc(F)c(F)c2)ccc1F. The Hall–Kier alpha value is -2.50. The molecule has 0 fully saturated rings. The van der Waals surface area contributed by atoms with Gasteiger partial charge < -0.3 is 10.4 Å². The van der Waals surface area contributed by atoms with E-state index in [4.69, 9.17) is 5.11 Å². The van der Waals surface area contributed by atoms with Gasteiger partial charge in [0.05, 0.1) is 5.56 Å². The summed E-state index contributed by atoms with van der Waals surface area (Å²) >= 11 is 0. The minimum absolute atomic E-state index is 0.224. The van der Waals surface area contributed by atoms with Crippen molar-refractivity contribution < 1.29 is 23.1 Å². The van der Waals surface area contributed by atoms with E-state index in [0.29, 0.717) is 0 Å². The highest BCUT2D eigenvalue weighted by atomic mass is 19.2. The molecular formula is C13H8F3NO2. The first-order valence-corrected chi connectivity index (χ1v) is 5.22. The number of anilines is 2. The number of hydrogen-bond donors (Lipinski definition) is 2. The minimum atomic E-state index is -1.41. The summed E-state index contributed by atoms with van der Waals surface area (Å²) in [6, 6.07) is 6.47. The van der Waals surface area contributed by atoms with Crippen molar-refractivity contribution in [1.29, 1.82) is 0 Å². The molecule has 0 aliphatic carbocycles. The molecule has 2 aromatic carbocycles. The summed E-state index contributed by atoms with van der Waals surface area (Å²) in [7, 11) is 0. The number of carboxylic acid groups (broad SMARTS) is 1. The van der Waals surface area contributed by atoms with Crippen LogP contribution in [0.15, 0.2) is 36.4 Å². The molecule has 0 bridgehead atoms. The summed E-state index contributed by atoms with van der Waals surface area (Å²) in [4.78, 5) is 10.7. The standard InChI is InChI=1S/C13H8F3NO2/c14-10-3-1-7(5-9(10)13(18)19)17-8-2-4-11(15)12(16)6-8/h1-6,17H,(H,18,19). The molecule has 0 aliphatic heterocycles. The molecule has 0 saturated carbocycles. The first-order valence-electron chi connectivity index (χ1n) is 5.22. The maximum atomic E-state index is 13.2. The van der Waals surface area contributed by atoms with Crippen LogP contribution in [0.5, 0.6) is 0 Å². The molecule has 2 rings (SSSR count). The van der Waals surface area contributed by atoms with Gasteiger partial charge in [-0.1, -0.05) is 0 Å². The molecule has 0 aliphatic rings. The van der Waals surface area contributed by atoms with Gasteiger partial charge in [0, 0.05) is 17.4 Å². The molecule has 0 unspecified atom stereocenters. The average molecular weight is 267 g/mol. The smallest absolute Gasteiger partial charge is 0.338 e. The summed E-state index contributed by atoms with van der Waals surface area (Å²) in [6.07, 6.45) is 0. The van der Waals surface area contributed by atoms with Crippen molar-refractivity contribution >= 4 is 17.3 Å². The van der Waals surface area contributed by atoms with E-state index in [-0.39, 0.29) is 11.4 Å². The Labute approximate surface area is 106 Å². The van der Waals surface area contributed by atoms with Crippen molar-refractivity contribution in [2.45, 2.75) is 0 Å². The molecule has 3 nitrogen and oxygen atoms in total. The highest BCUT2D eigenvalue weighted by Gasteiger charge is 2.11. The predicted molar refractivity (Wildman–Crippen MR) is 63.0 cm³/mol. The zero-order valence-corrected chi connectivity index (χ0v) is 9.45. The van der Waals surface area contributed by atoms with Gasteiger partial charge in [-0.25, -0.2) is 18.0 Å². The van der Waals surface area contributed by atoms with Crippen molar-refractivity contribution in [2.75, 3.05) is 5.32 Å². The Morgan fingerprint density at radius 1 is 0.895 bits per heavy atom. The topological polar surface area (TPSA) is 49.3 Å². The number of rotatable bonds is 3. The van der Waals surface area contributed by atoms with Gasteiger partial charge in [0.2, 0.25) is 0 Å². The second kappa shape index (κ2) is 5.01. The van der Waals surface area contributed by atoms with E-state index in [2.05, 4.69) is 5.32 Å². The van der Waals surface area contributed by atoms with Crippen molar-refractivity contribution in [3.8, 4) is 0 Å². The van der Waals surface area contributed by atoms with Crippen LogP contribution in [0.2, 0.25) is 0 Å². The van der Waals surface area contributed by atoms with Crippen LogP contribution >= 0.6 is 0 Å². The molecular weight excluding hydrogens is 259 g/mol.